The van der Waals surface area contributed by atoms with E-state index < -0.39 is 0 Å². The van der Waals surface area contributed by atoms with Gasteiger partial charge in [0.15, 0.2) is 6.39 Å². The van der Waals surface area contributed by atoms with E-state index in [4.69, 9.17) is 8.83 Å². The van der Waals surface area contributed by atoms with Crippen molar-refractivity contribution in [2.24, 2.45) is 0 Å². The first kappa shape index (κ1) is 18.0. The summed E-state index contributed by atoms with van der Waals surface area (Å²) in [5.74, 6) is 0.833. The molecule has 29 heavy (non-hydrogen) atoms. The zero-order valence-electron chi connectivity index (χ0n) is 15.3. The molecule has 2 amide bonds. The van der Waals surface area contributed by atoms with Gasteiger partial charge in [0.25, 0.3) is 11.8 Å². The molecule has 0 aromatic carbocycles. The minimum Gasteiger partial charge on any atom is -0.438 e. The number of piperazine rings is 1. The lowest BCUT2D eigenvalue weighted by molar-refractivity contribution is -0.129. The van der Waals surface area contributed by atoms with Gasteiger partial charge in [0, 0.05) is 31.6 Å². The third-order valence-corrected chi connectivity index (χ3v) is 6.08. The molecule has 0 bridgehead atoms. The summed E-state index contributed by atoms with van der Waals surface area (Å²) in [6.45, 7) is 1.06. The Labute approximate surface area is 169 Å². The number of oxazole rings is 1. The molecule has 5 rings (SSSR count). The van der Waals surface area contributed by atoms with Gasteiger partial charge in [-0.25, -0.2) is 4.98 Å². The van der Waals surface area contributed by atoms with Gasteiger partial charge in [-0.2, -0.15) is 0 Å². The van der Waals surface area contributed by atoms with Crippen molar-refractivity contribution in [3.8, 4) is 10.8 Å². The topological polar surface area (TPSA) is 126 Å². The Bertz CT molecular complexity index is 1000. The largest absolute Gasteiger partial charge is 0.438 e. The van der Waals surface area contributed by atoms with E-state index in [9.17, 15) is 9.59 Å². The van der Waals surface area contributed by atoms with Gasteiger partial charge in [-0.3, -0.25) is 14.5 Å². The Morgan fingerprint density at radius 1 is 1.41 bits per heavy atom. The number of fused-ring (bicyclic) bond motifs is 1. The lowest BCUT2D eigenvalue weighted by Crippen LogP contribution is -2.58. The van der Waals surface area contributed by atoms with Crippen LogP contribution in [0.2, 0.25) is 0 Å². The maximum absolute atomic E-state index is 12.3. The number of aromatic nitrogens is 3. The summed E-state index contributed by atoms with van der Waals surface area (Å²) in [5.41, 5.74) is 0. The maximum Gasteiger partial charge on any atom is 0.288 e. The summed E-state index contributed by atoms with van der Waals surface area (Å²) in [6.07, 6.45) is 3.64. The average molecular weight is 414 g/mol. The number of thiophene rings is 1. The lowest BCUT2D eigenvalue weighted by atomic mass is 10.1. The van der Waals surface area contributed by atoms with Crippen molar-refractivity contribution >= 4 is 23.2 Å². The zero-order chi connectivity index (χ0) is 19.8. The Balaban J connectivity index is 1.27. The number of amides is 2. The first-order valence-corrected chi connectivity index (χ1v) is 10.1. The smallest absolute Gasteiger partial charge is 0.288 e. The molecule has 0 unspecified atom stereocenters. The van der Waals surface area contributed by atoms with Gasteiger partial charge < -0.3 is 19.5 Å². The molecule has 0 radical (unpaired) electrons. The van der Waals surface area contributed by atoms with Crippen LogP contribution < -0.4 is 10.6 Å². The Morgan fingerprint density at radius 2 is 2.34 bits per heavy atom. The number of nitrogens with one attached hydrogen (secondary N) is 2. The van der Waals surface area contributed by atoms with Crippen molar-refractivity contribution in [3.05, 3.63) is 41.8 Å². The van der Waals surface area contributed by atoms with Crippen LogP contribution in [-0.4, -0.2) is 63.1 Å². The molecule has 10 nitrogen and oxygen atoms in total. The van der Waals surface area contributed by atoms with E-state index in [0.717, 1.165) is 4.88 Å². The quantitative estimate of drug-likeness (QED) is 0.625. The maximum atomic E-state index is 12.3. The van der Waals surface area contributed by atoms with E-state index in [0.29, 0.717) is 37.7 Å². The molecule has 3 aromatic rings. The fraction of sp³-hybridized carbons (Fsp3) is 0.389. The number of rotatable bonds is 5. The van der Waals surface area contributed by atoms with Gasteiger partial charge in [-0.05, 0) is 17.9 Å². The van der Waals surface area contributed by atoms with E-state index in [-0.39, 0.29) is 35.7 Å². The lowest BCUT2D eigenvalue weighted by Gasteiger charge is -2.36. The highest BCUT2D eigenvalue weighted by Gasteiger charge is 2.44. The Hall–Kier alpha value is -3.05. The van der Waals surface area contributed by atoms with Crippen molar-refractivity contribution in [2.45, 2.75) is 31.0 Å². The second-order valence-corrected chi connectivity index (χ2v) is 8.01. The molecule has 150 valence electrons. The number of nitrogens with zero attached hydrogens (tertiary/aromatic N) is 4. The summed E-state index contributed by atoms with van der Waals surface area (Å²) in [7, 11) is 0. The molecule has 11 heteroatoms. The van der Waals surface area contributed by atoms with E-state index in [1.54, 1.807) is 0 Å². The van der Waals surface area contributed by atoms with Crippen LogP contribution >= 0.6 is 11.3 Å². The predicted molar refractivity (Wildman–Crippen MR) is 101 cm³/mol. The Kier molecular flexibility index (Phi) is 4.60. The number of carbonyl (C=O) groups excluding carboxylic acids is 2. The van der Waals surface area contributed by atoms with Crippen LogP contribution in [0.4, 0.5) is 0 Å². The third kappa shape index (κ3) is 3.54. The molecule has 5 heterocycles. The van der Waals surface area contributed by atoms with Crippen LogP contribution in [0.25, 0.3) is 10.8 Å². The number of carbonyl (C=O) groups is 2. The first-order valence-electron chi connectivity index (χ1n) is 9.26. The standard InChI is InChI=1S/C18H18N6O4S/c25-16-12-4-10(21-17(26)13-7-19-9-27-13)8-24(12)11(6-20-16)5-15-22-23-18(28-15)14-2-1-3-29-14/h1-3,7,9-12H,4-6,8H2,(H,20,25)(H,21,26)/t10-,11+,12-/m0/s1. The van der Waals surface area contributed by atoms with Gasteiger partial charge in [0.1, 0.15) is 0 Å². The van der Waals surface area contributed by atoms with Gasteiger partial charge in [-0.1, -0.05) is 6.07 Å². The fourth-order valence-electron chi connectivity index (χ4n) is 3.89. The monoisotopic (exact) mass is 414 g/mol. The van der Waals surface area contributed by atoms with Crippen LogP contribution in [0.1, 0.15) is 22.9 Å². The molecule has 2 aliphatic rings. The second kappa shape index (κ2) is 7.41. The molecule has 3 atom stereocenters. The number of hydrogen-bond acceptors (Lipinski definition) is 9. The highest BCUT2D eigenvalue weighted by molar-refractivity contribution is 7.13. The van der Waals surface area contributed by atoms with Crippen molar-refractivity contribution < 1.29 is 18.4 Å². The van der Waals surface area contributed by atoms with Gasteiger partial charge in [-0.15, -0.1) is 21.5 Å². The summed E-state index contributed by atoms with van der Waals surface area (Å²) in [5, 5.41) is 16.1. The van der Waals surface area contributed by atoms with Crippen molar-refractivity contribution in [3.63, 3.8) is 0 Å². The minimum atomic E-state index is -0.332. The van der Waals surface area contributed by atoms with Crippen LogP contribution in [0.3, 0.4) is 0 Å². The zero-order valence-corrected chi connectivity index (χ0v) is 16.1. The normalized spacial score (nSPS) is 24.3. The van der Waals surface area contributed by atoms with E-state index in [1.807, 2.05) is 17.5 Å². The number of hydrogen-bond donors (Lipinski definition) is 2. The first-order chi connectivity index (χ1) is 14.2. The molecule has 2 N–H and O–H groups in total. The van der Waals surface area contributed by atoms with Crippen LogP contribution in [0, 0.1) is 0 Å². The Morgan fingerprint density at radius 3 is 3.14 bits per heavy atom. The predicted octanol–water partition coefficient (Wildman–Crippen LogP) is 0.700. The summed E-state index contributed by atoms with van der Waals surface area (Å²) in [6, 6.07) is 3.42. The molecule has 2 fully saturated rings. The fourth-order valence-corrected chi connectivity index (χ4v) is 4.54. The molecule has 0 saturated carbocycles. The molecule has 2 aliphatic heterocycles. The summed E-state index contributed by atoms with van der Waals surface area (Å²) < 4.78 is 10.8. The highest BCUT2D eigenvalue weighted by atomic mass is 32.1. The van der Waals surface area contributed by atoms with Crippen LogP contribution in [0.5, 0.6) is 0 Å². The molecule has 3 aromatic heterocycles. The van der Waals surface area contributed by atoms with Crippen molar-refractivity contribution in [2.75, 3.05) is 13.1 Å². The molecule has 2 saturated heterocycles. The SMILES string of the molecule is O=C(N[C@H]1C[C@H]2C(=O)NC[C@@H](Cc3nnc(-c4cccs4)o3)N2C1)c1cnco1. The molecule has 0 spiro atoms. The summed E-state index contributed by atoms with van der Waals surface area (Å²) >= 11 is 1.54. The van der Waals surface area contributed by atoms with Gasteiger partial charge in [0.2, 0.25) is 17.6 Å². The van der Waals surface area contributed by atoms with E-state index in [1.165, 1.54) is 23.9 Å². The van der Waals surface area contributed by atoms with E-state index in [2.05, 4.69) is 30.7 Å². The van der Waals surface area contributed by atoms with Gasteiger partial charge >= 0.3 is 0 Å². The summed E-state index contributed by atoms with van der Waals surface area (Å²) in [4.78, 5) is 31.4. The highest BCUT2D eigenvalue weighted by Crippen LogP contribution is 2.27. The van der Waals surface area contributed by atoms with Crippen LogP contribution in [0.15, 0.2) is 38.9 Å². The minimum absolute atomic E-state index is 0.0153. The third-order valence-electron chi connectivity index (χ3n) is 5.22. The van der Waals surface area contributed by atoms with E-state index >= 15 is 0 Å². The van der Waals surface area contributed by atoms with Crippen LogP contribution in [-0.2, 0) is 11.2 Å². The molecule has 0 aliphatic carbocycles. The molecular weight excluding hydrogens is 396 g/mol. The second-order valence-electron chi connectivity index (χ2n) is 7.07. The van der Waals surface area contributed by atoms with Crippen molar-refractivity contribution in [1.29, 1.82) is 0 Å². The van der Waals surface area contributed by atoms with Crippen molar-refractivity contribution in [1.82, 2.24) is 30.7 Å². The van der Waals surface area contributed by atoms with Gasteiger partial charge in [0.05, 0.1) is 17.1 Å². The average Bonchev–Trinajstić information content (AvgIpc) is 3.50. The molecular formula is C18H18N6O4S.